The molecule has 98 valence electrons. The molecule has 5 nitrogen and oxygen atoms in total. The van der Waals surface area contributed by atoms with Gasteiger partial charge in [0.2, 0.25) is 11.7 Å². The second-order valence-electron chi connectivity index (χ2n) is 3.73. The molecule has 1 aromatic heterocycles. The molecule has 19 heavy (non-hydrogen) atoms. The van der Waals surface area contributed by atoms with Crippen molar-refractivity contribution in [1.29, 1.82) is 0 Å². The van der Waals surface area contributed by atoms with E-state index in [4.69, 9.17) is 15.3 Å². The lowest BCUT2D eigenvalue weighted by atomic mass is 10.1. The Hall–Kier alpha value is -2.21. The normalized spacial score (nSPS) is 10.3. The first-order valence-corrected chi connectivity index (χ1v) is 6.40. The van der Waals surface area contributed by atoms with Gasteiger partial charge in [-0.05, 0) is 23.8 Å². The smallest absolute Gasteiger partial charge is 0.371 e. The number of amides is 1. The van der Waals surface area contributed by atoms with Gasteiger partial charge >= 0.3 is 5.97 Å². The number of aromatic carboxylic acids is 1. The van der Waals surface area contributed by atoms with Crippen molar-refractivity contribution < 1.29 is 19.1 Å². The number of carbonyl (C=O) groups excluding carboxylic acids is 1. The van der Waals surface area contributed by atoms with Gasteiger partial charge in [-0.25, -0.2) is 4.79 Å². The molecule has 0 saturated carbocycles. The molecule has 0 fully saturated rings. The van der Waals surface area contributed by atoms with Gasteiger partial charge in [-0.2, -0.15) is 0 Å². The van der Waals surface area contributed by atoms with E-state index in [0.29, 0.717) is 16.4 Å². The van der Waals surface area contributed by atoms with Crippen LogP contribution >= 0.6 is 11.8 Å². The first-order chi connectivity index (χ1) is 9.08. The third-order valence-electron chi connectivity index (χ3n) is 2.44. The van der Waals surface area contributed by atoms with Crippen molar-refractivity contribution in [3.63, 3.8) is 0 Å². The van der Waals surface area contributed by atoms with Crippen molar-refractivity contribution in [2.75, 3.05) is 0 Å². The van der Waals surface area contributed by atoms with Crippen LogP contribution in [0.4, 0.5) is 0 Å². The fourth-order valence-corrected chi connectivity index (χ4v) is 2.41. The van der Waals surface area contributed by atoms with Crippen LogP contribution in [-0.4, -0.2) is 17.0 Å². The number of carbonyl (C=O) groups is 2. The van der Waals surface area contributed by atoms with Gasteiger partial charge in [-0.3, -0.25) is 4.79 Å². The number of benzene rings is 1. The molecule has 0 radical (unpaired) electrons. The minimum atomic E-state index is -1.11. The highest BCUT2D eigenvalue weighted by atomic mass is 32.2. The lowest BCUT2D eigenvalue weighted by molar-refractivity contribution is 0.0656. The Kier molecular flexibility index (Phi) is 3.91. The van der Waals surface area contributed by atoms with Crippen molar-refractivity contribution in [2.24, 2.45) is 5.73 Å². The maximum absolute atomic E-state index is 11.2. The third-order valence-corrected chi connectivity index (χ3v) is 3.40. The fraction of sp³-hybridized carbons (Fsp3) is 0.0769. The van der Waals surface area contributed by atoms with Gasteiger partial charge in [-0.1, -0.05) is 30.0 Å². The predicted molar refractivity (Wildman–Crippen MR) is 70.2 cm³/mol. The monoisotopic (exact) mass is 277 g/mol. The summed E-state index contributed by atoms with van der Waals surface area (Å²) in [5.74, 6) is -1.22. The van der Waals surface area contributed by atoms with E-state index in [1.54, 1.807) is 24.3 Å². The van der Waals surface area contributed by atoms with E-state index in [-0.39, 0.29) is 5.76 Å². The molecule has 0 aliphatic rings. The van der Waals surface area contributed by atoms with E-state index in [1.165, 1.54) is 17.8 Å². The highest BCUT2D eigenvalue weighted by Crippen LogP contribution is 2.26. The van der Waals surface area contributed by atoms with Crippen LogP contribution in [0, 0.1) is 0 Å². The lowest BCUT2D eigenvalue weighted by Gasteiger charge is -2.04. The molecule has 2 aromatic rings. The van der Waals surface area contributed by atoms with Crippen molar-refractivity contribution in [2.45, 2.75) is 10.8 Å². The van der Waals surface area contributed by atoms with E-state index < -0.39 is 11.9 Å². The number of furan rings is 1. The summed E-state index contributed by atoms with van der Waals surface area (Å²) in [7, 11) is 0. The summed E-state index contributed by atoms with van der Waals surface area (Å²) >= 11 is 1.31. The second kappa shape index (κ2) is 5.62. The molecule has 2 rings (SSSR count). The van der Waals surface area contributed by atoms with Gasteiger partial charge in [0, 0.05) is 11.3 Å². The van der Waals surface area contributed by atoms with E-state index in [0.717, 1.165) is 5.56 Å². The summed E-state index contributed by atoms with van der Waals surface area (Å²) in [6, 6.07) is 9.99. The minimum Gasteiger partial charge on any atom is -0.475 e. The van der Waals surface area contributed by atoms with Crippen LogP contribution in [0.5, 0.6) is 0 Å². The Labute approximate surface area is 113 Å². The summed E-state index contributed by atoms with van der Waals surface area (Å²) in [6.07, 6.45) is 0. The van der Waals surface area contributed by atoms with Crippen LogP contribution in [0.2, 0.25) is 0 Å². The van der Waals surface area contributed by atoms with Gasteiger partial charge in [-0.15, -0.1) is 0 Å². The van der Waals surface area contributed by atoms with Crippen molar-refractivity contribution in [3.8, 4) is 0 Å². The Morgan fingerprint density at radius 2 is 1.95 bits per heavy atom. The molecule has 1 aromatic carbocycles. The van der Waals surface area contributed by atoms with E-state index >= 15 is 0 Å². The maximum Gasteiger partial charge on any atom is 0.371 e. The number of carboxylic acid groups (broad SMARTS) is 1. The molecule has 1 amide bonds. The largest absolute Gasteiger partial charge is 0.475 e. The molecule has 0 atom stereocenters. The minimum absolute atomic E-state index is 0.106. The molecule has 1 heterocycles. The number of nitrogens with two attached hydrogens (primary N) is 1. The zero-order chi connectivity index (χ0) is 13.8. The molecule has 0 saturated heterocycles. The highest BCUT2D eigenvalue weighted by Gasteiger charge is 2.11. The topological polar surface area (TPSA) is 93.5 Å². The van der Waals surface area contributed by atoms with Gasteiger partial charge < -0.3 is 15.3 Å². The molecule has 0 bridgehead atoms. The van der Waals surface area contributed by atoms with Crippen LogP contribution in [-0.2, 0) is 5.75 Å². The first kappa shape index (κ1) is 13.2. The molecule has 6 heteroatoms. The van der Waals surface area contributed by atoms with Crippen molar-refractivity contribution in [3.05, 3.63) is 53.3 Å². The molecule has 0 unspecified atom stereocenters. The Morgan fingerprint density at radius 3 is 2.58 bits per heavy atom. The number of primary amides is 1. The van der Waals surface area contributed by atoms with Crippen LogP contribution in [0.1, 0.15) is 26.5 Å². The zero-order valence-corrected chi connectivity index (χ0v) is 10.6. The number of thioether (sulfide) groups is 1. The summed E-state index contributed by atoms with van der Waals surface area (Å²) in [6.45, 7) is 0. The van der Waals surface area contributed by atoms with Crippen molar-refractivity contribution in [1.82, 2.24) is 0 Å². The Morgan fingerprint density at radius 1 is 1.21 bits per heavy atom. The molecular formula is C13H11NO4S. The molecule has 0 aliphatic carbocycles. The number of hydrogen-bond acceptors (Lipinski definition) is 4. The average Bonchev–Trinajstić information content (AvgIpc) is 2.85. The zero-order valence-electron chi connectivity index (χ0n) is 9.83. The number of hydrogen-bond donors (Lipinski definition) is 2. The molecule has 0 aliphatic heterocycles. The standard InChI is InChI=1S/C13H11NO4S/c14-12(15)9-4-2-1-3-8(9)7-19-11-6-5-10(18-11)13(16)17/h1-6H,7H2,(H2,14,15)(H,16,17). The first-order valence-electron chi connectivity index (χ1n) is 5.41. The van der Waals surface area contributed by atoms with E-state index in [2.05, 4.69) is 0 Å². The van der Waals surface area contributed by atoms with Gasteiger partial charge in [0.05, 0.1) is 0 Å². The highest BCUT2D eigenvalue weighted by molar-refractivity contribution is 7.98. The summed E-state index contributed by atoms with van der Waals surface area (Å²) < 4.78 is 5.11. The van der Waals surface area contributed by atoms with E-state index in [9.17, 15) is 9.59 Å². The molecule has 3 N–H and O–H groups in total. The van der Waals surface area contributed by atoms with E-state index in [1.807, 2.05) is 6.07 Å². The number of carboxylic acids is 1. The van der Waals surface area contributed by atoms with Crippen LogP contribution < -0.4 is 5.73 Å². The second-order valence-corrected chi connectivity index (χ2v) is 4.71. The van der Waals surface area contributed by atoms with Crippen molar-refractivity contribution >= 4 is 23.6 Å². The lowest BCUT2D eigenvalue weighted by Crippen LogP contribution is -2.13. The summed E-state index contributed by atoms with van der Waals surface area (Å²) in [5.41, 5.74) is 6.52. The average molecular weight is 277 g/mol. The molecular weight excluding hydrogens is 266 g/mol. The summed E-state index contributed by atoms with van der Waals surface area (Å²) in [5, 5.41) is 9.22. The Balaban J connectivity index is 2.10. The quantitative estimate of drug-likeness (QED) is 0.818. The maximum atomic E-state index is 11.2. The fourth-order valence-electron chi connectivity index (χ4n) is 1.55. The third kappa shape index (κ3) is 3.17. The Bertz CT molecular complexity index is 621. The van der Waals surface area contributed by atoms with Crippen LogP contribution in [0.3, 0.4) is 0 Å². The number of rotatable bonds is 5. The summed E-state index contributed by atoms with van der Waals surface area (Å²) in [4.78, 5) is 21.9. The van der Waals surface area contributed by atoms with Gasteiger partial charge in [0.1, 0.15) is 0 Å². The predicted octanol–water partition coefficient (Wildman–Crippen LogP) is 2.37. The van der Waals surface area contributed by atoms with Gasteiger partial charge in [0.15, 0.2) is 5.09 Å². The van der Waals surface area contributed by atoms with Crippen LogP contribution in [0.25, 0.3) is 0 Å². The van der Waals surface area contributed by atoms with Crippen LogP contribution in [0.15, 0.2) is 45.9 Å². The SMILES string of the molecule is NC(=O)c1ccccc1CSc1ccc(C(=O)O)o1. The van der Waals surface area contributed by atoms with Gasteiger partial charge in [0.25, 0.3) is 0 Å². The molecule has 0 spiro atoms.